The molecule has 0 radical (unpaired) electrons. The van der Waals surface area contributed by atoms with Gasteiger partial charge in [-0.15, -0.1) is 0 Å². The van der Waals surface area contributed by atoms with Crippen molar-refractivity contribution in [2.24, 2.45) is 0 Å². The van der Waals surface area contributed by atoms with Gasteiger partial charge in [0, 0.05) is 10.9 Å². The highest BCUT2D eigenvalue weighted by Gasteiger charge is 2.24. The third-order valence-electron chi connectivity index (χ3n) is 3.39. The molecule has 0 saturated heterocycles. The number of hydrogen-bond acceptors (Lipinski definition) is 1. The predicted molar refractivity (Wildman–Crippen MR) is 74.6 cm³/mol. The SMILES string of the molecule is O[C@@H]1c2ccccc2C=C[C@@H]1c1ccc(Cl)cc1. The van der Waals surface area contributed by atoms with Gasteiger partial charge in [-0.25, -0.2) is 0 Å². The van der Waals surface area contributed by atoms with E-state index in [0.717, 1.165) is 16.7 Å². The molecule has 18 heavy (non-hydrogen) atoms. The third-order valence-corrected chi connectivity index (χ3v) is 3.64. The lowest BCUT2D eigenvalue weighted by molar-refractivity contribution is 0.160. The third kappa shape index (κ3) is 1.96. The summed E-state index contributed by atoms with van der Waals surface area (Å²) < 4.78 is 0. The average Bonchev–Trinajstić information content (AvgIpc) is 2.41. The summed E-state index contributed by atoms with van der Waals surface area (Å²) >= 11 is 5.89. The topological polar surface area (TPSA) is 20.2 Å². The Morgan fingerprint density at radius 3 is 2.44 bits per heavy atom. The van der Waals surface area contributed by atoms with E-state index >= 15 is 0 Å². The molecule has 1 N–H and O–H groups in total. The minimum absolute atomic E-state index is 0.00262. The molecule has 3 rings (SSSR count). The number of aliphatic hydroxyl groups is 1. The molecule has 2 heteroatoms. The lowest BCUT2D eigenvalue weighted by Gasteiger charge is -2.26. The zero-order valence-electron chi connectivity index (χ0n) is 9.75. The molecule has 1 nitrogen and oxygen atoms in total. The van der Waals surface area contributed by atoms with Crippen molar-refractivity contribution in [1.29, 1.82) is 0 Å². The molecule has 0 spiro atoms. The van der Waals surface area contributed by atoms with E-state index in [1.807, 2.05) is 48.5 Å². The molecule has 1 aliphatic rings. The monoisotopic (exact) mass is 256 g/mol. The summed E-state index contributed by atoms with van der Waals surface area (Å²) in [5.74, 6) is -0.00262. The van der Waals surface area contributed by atoms with E-state index < -0.39 is 6.10 Å². The Morgan fingerprint density at radius 2 is 1.67 bits per heavy atom. The molecule has 0 aliphatic heterocycles. The molecule has 0 heterocycles. The van der Waals surface area contributed by atoms with Crippen LogP contribution < -0.4 is 0 Å². The van der Waals surface area contributed by atoms with E-state index in [1.165, 1.54) is 0 Å². The van der Waals surface area contributed by atoms with Gasteiger partial charge in [-0.05, 0) is 28.8 Å². The van der Waals surface area contributed by atoms with Crippen LogP contribution in [0.25, 0.3) is 6.08 Å². The highest BCUT2D eigenvalue weighted by atomic mass is 35.5. The molecular formula is C16H13ClO. The zero-order chi connectivity index (χ0) is 12.5. The highest BCUT2D eigenvalue weighted by molar-refractivity contribution is 6.30. The summed E-state index contributed by atoms with van der Waals surface area (Å²) in [5, 5.41) is 11.2. The van der Waals surface area contributed by atoms with Gasteiger partial charge in [0.1, 0.15) is 0 Å². The minimum atomic E-state index is -0.493. The first-order valence-electron chi connectivity index (χ1n) is 5.96. The first-order chi connectivity index (χ1) is 8.75. The average molecular weight is 257 g/mol. The molecule has 0 aromatic heterocycles. The van der Waals surface area contributed by atoms with Gasteiger partial charge in [-0.2, -0.15) is 0 Å². The summed E-state index contributed by atoms with van der Waals surface area (Å²) in [6.07, 6.45) is 3.63. The molecule has 90 valence electrons. The van der Waals surface area contributed by atoms with Crippen molar-refractivity contribution in [2.45, 2.75) is 12.0 Å². The van der Waals surface area contributed by atoms with Crippen LogP contribution in [0, 0.1) is 0 Å². The van der Waals surface area contributed by atoms with Crippen molar-refractivity contribution < 1.29 is 5.11 Å². The van der Waals surface area contributed by atoms with Gasteiger partial charge in [-0.3, -0.25) is 0 Å². The quantitative estimate of drug-likeness (QED) is 0.811. The number of benzene rings is 2. The molecule has 0 unspecified atom stereocenters. The Morgan fingerprint density at radius 1 is 0.944 bits per heavy atom. The van der Waals surface area contributed by atoms with Gasteiger partial charge in [-0.1, -0.05) is 60.2 Å². The minimum Gasteiger partial charge on any atom is -0.387 e. The Labute approximate surface area is 111 Å². The number of fused-ring (bicyclic) bond motifs is 1. The molecular weight excluding hydrogens is 244 g/mol. The van der Waals surface area contributed by atoms with E-state index in [1.54, 1.807) is 0 Å². The maximum atomic E-state index is 10.5. The largest absolute Gasteiger partial charge is 0.387 e. The van der Waals surface area contributed by atoms with Crippen LogP contribution in [0.4, 0.5) is 0 Å². The van der Waals surface area contributed by atoms with Crippen LogP contribution in [0.15, 0.2) is 54.6 Å². The lowest BCUT2D eigenvalue weighted by atomic mass is 9.83. The van der Waals surface area contributed by atoms with Crippen LogP contribution in [0.3, 0.4) is 0 Å². The molecule has 0 bridgehead atoms. The Balaban J connectivity index is 2.00. The number of halogens is 1. The van der Waals surface area contributed by atoms with Gasteiger partial charge < -0.3 is 5.11 Å². The van der Waals surface area contributed by atoms with E-state index in [9.17, 15) is 5.11 Å². The molecule has 2 atom stereocenters. The fourth-order valence-corrected chi connectivity index (χ4v) is 2.54. The summed E-state index contributed by atoms with van der Waals surface area (Å²) in [6, 6.07) is 15.6. The fourth-order valence-electron chi connectivity index (χ4n) is 2.42. The van der Waals surface area contributed by atoms with Crippen molar-refractivity contribution in [1.82, 2.24) is 0 Å². The molecule has 0 amide bonds. The van der Waals surface area contributed by atoms with E-state index in [2.05, 4.69) is 12.2 Å². The zero-order valence-corrected chi connectivity index (χ0v) is 10.5. The molecule has 1 aliphatic carbocycles. The van der Waals surface area contributed by atoms with Crippen molar-refractivity contribution >= 4 is 17.7 Å². The van der Waals surface area contributed by atoms with Gasteiger partial charge in [0.05, 0.1) is 6.10 Å². The van der Waals surface area contributed by atoms with Crippen LogP contribution >= 0.6 is 11.6 Å². The van der Waals surface area contributed by atoms with Crippen molar-refractivity contribution in [3.8, 4) is 0 Å². The normalized spacial score (nSPS) is 21.7. The van der Waals surface area contributed by atoms with Gasteiger partial charge >= 0.3 is 0 Å². The smallest absolute Gasteiger partial charge is 0.0899 e. The first kappa shape index (κ1) is 11.5. The van der Waals surface area contributed by atoms with E-state index in [4.69, 9.17) is 11.6 Å². The molecule has 2 aromatic carbocycles. The highest BCUT2D eigenvalue weighted by Crippen LogP contribution is 2.38. The lowest BCUT2D eigenvalue weighted by Crippen LogP contribution is -2.13. The van der Waals surface area contributed by atoms with Crippen molar-refractivity contribution in [2.75, 3.05) is 0 Å². The summed E-state index contributed by atoms with van der Waals surface area (Å²) in [7, 11) is 0. The number of rotatable bonds is 1. The van der Waals surface area contributed by atoms with Gasteiger partial charge in [0.15, 0.2) is 0 Å². The van der Waals surface area contributed by atoms with Crippen LogP contribution in [-0.4, -0.2) is 5.11 Å². The second kappa shape index (κ2) is 4.60. The van der Waals surface area contributed by atoms with Crippen LogP contribution in [0.1, 0.15) is 28.7 Å². The first-order valence-corrected chi connectivity index (χ1v) is 6.34. The Bertz CT molecular complexity index is 586. The summed E-state index contributed by atoms with van der Waals surface area (Å²) in [5.41, 5.74) is 3.16. The Hall–Kier alpha value is -1.57. The van der Waals surface area contributed by atoms with Gasteiger partial charge in [0.2, 0.25) is 0 Å². The summed E-state index contributed by atoms with van der Waals surface area (Å²) in [4.78, 5) is 0. The molecule has 0 saturated carbocycles. The second-order valence-corrected chi connectivity index (χ2v) is 4.95. The van der Waals surface area contributed by atoms with Gasteiger partial charge in [0.25, 0.3) is 0 Å². The van der Waals surface area contributed by atoms with Crippen molar-refractivity contribution in [3.63, 3.8) is 0 Å². The maximum Gasteiger partial charge on any atom is 0.0899 e. The van der Waals surface area contributed by atoms with E-state index in [-0.39, 0.29) is 5.92 Å². The second-order valence-electron chi connectivity index (χ2n) is 4.51. The van der Waals surface area contributed by atoms with Crippen LogP contribution in [0.2, 0.25) is 5.02 Å². The standard InChI is InChI=1S/C16H13ClO/c17-13-8-5-12(6-9-13)15-10-7-11-3-1-2-4-14(11)16(15)18/h1-10,15-16,18H/t15-,16-/m1/s1. The maximum absolute atomic E-state index is 10.5. The summed E-state index contributed by atoms with van der Waals surface area (Å²) in [6.45, 7) is 0. The van der Waals surface area contributed by atoms with E-state index in [0.29, 0.717) is 5.02 Å². The number of hydrogen-bond donors (Lipinski definition) is 1. The van der Waals surface area contributed by atoms with Crippen LogP contribution in [0.5, 0.6) is 0 Å². The fraction of sp³-hybridized carbons (Fsp3) is 0.125. The number of aliphatic hydroxyl groups excluding tert-OH is 1. The van der Waals surface area contributed by atoms with Crippen molar-refractivity contribution in [3.05, 3.63) is 76.3 Å². The Kier molecular flexibility index (Phi) is 2.94. The van der Waals surface area contributed by atoms with Crippen LogP contribution in [-0.2, 0) is 0 Å². The predicted octanol–water partition coefficient (Wildman–Crippen LogP) is 4.18. The molecule has 0 fully saturated rings. The molecule has 2 aromatic rings.